The maximum absolute atomic E-state index is 12.8. The van der Waals surface area contributed by atoms with Crippen molar-refractivity contribution in [1.82, 2.24) is 9.97 Å². The number of anilines is 4. The number of hydrogen-bond acceptors (Lipinski definition) is 8. The Kier molecular flexibility index (Phi) is 5.12. The number of sulfone groups is 1. The second kappa shape index (κ2) is 7.77. The van der Waals surface area contributed by atoms with Gasteiger partial charge in [0.15, 0.2) is 0 Å². The van der Waals surface area contributed by atoms with E-state index < -0.39 is 9.84 Å². The molecule has 0 bridgehead atoms. The number of rotatable bonds is 5. The van der Waals surface area contributed by atoms with Gasteiger partial charge < -0.3 is 22.1 Å². The van der Waals surface area contributed by atoms with Gasteiger partial charge in [-0.2, -0.15) is 4.98 Å². The summed E-state index contributed by atoms with van der Waals surface area (Å²) in [5.41, 5.74) is 20.4. The predicted octanol–water partition coefficient (Wildman–Crippen LogP) is 2.85. The van der Waals surface area contributed by atoms with Crippen molar-refractivity contribution >= 4 is 43.9 Å². The lowest BCUT2D eigenvalue weighted by Gasteiger charge is -2.20. The second-order valence-corrected chi connectivity index (χ2v) is 9.19. The molecule has 4 rings (SSSR count). The molecule has 3 aromatic carbocycles. The van der Waals surface area contributed by atoms with Gasteiger partial charge in [0.1, 0.15) is 5.82 Å². The highest BCUT2D eigenvalue weighted by Crippen LogP contribution is 2.26. The van der Waals surface area contributed by atoms with Crippen LogP contribution in [0, 0.1) is 0 Å². The van der Waals surface area contributed by atoms with Crippen LogP contribution >= 0.6 is 0 Å². The molecule has 0 aliphatic rings. The van der Waals surface area contributed by atoms with Crippen molar-refractivity contribution in [2.24, 2.45) is 0 Å². The van der Waals surface area contributed by atoms with Crippen molar-refractivity contribution < 1.29 is 8.42 Å². The zero-order valence-electron chi connectivity index (χ0n) is 16.9. The summed E-state index contributed by atoms with van der Waals surface area (Å²) in [6.45, 7) is 0.573. The number of nitrogens with zero attached hydrogens (tertiary/aromatic N) is 3. The topological polar surface area (TPSA) is 141 Å². The third-order valence-corrected chi connectivity index (χ3v) is 6.80. The molecule has 0 amide bonds. The first-order valence-electron chi connectivity index (χ1n) is 9.47. The summed E-state index contributed by atoms with van der Waals surface area (Å²) in [6.07, 6.45) is 0. The van der Waals surface area contributed by atoms with Crippen molar-refractivity contribution in [3.63, 3.8) is 0 Å². The van der Waals surface area contributed by atoms with Gasteiger partial charge >= 0.3 is 0 Å². The third kappa shape index (κ3) is 4.08. The standard InChI is InChI=1S/C22H22N6O2S/c1-28(16-6-11-20-19(12-16)21(24)27-22(25)26-20)13-14-2-7-17(8-3-14)31(29,30)18-9-4-15(23)5-10-18/h2-12H,13,23H2,1H3,(H4,24,25,26,27). The van der Waals surface area contributed by atoms with Crippen molar-refractivity contribution in [3.05, 3.63) is 72.3 Å². The van der Waals surface area contributed by atoms with Gasteiger partial charge in [-0.25, -0.2) is 13.4 Å². The van der Waals surface area contributed by atoms with E-state index in [0.29, 0.717) is 23.6 Å². The number of hydrogen-bond donors (Lipinski definition) is 3. The largest absolute Gasteiger partial charge is 0.399 e. The normalized spacial score (nSPS) is 11.5. The first kappa shape index (κ1) is 20.4. The van der Waals surface area contributed by atoms with Crippen molar-refractivity contribution in [3.8, 4) is 0 Å². The van der Waals surface area contributed by atoms with E-state index in [1.165, 1.54) is 12.1 Å². The van der Waals surface area contributed by atoms with Crippen molar-refractivity contribution in [1.29, 1.82) is 0 Å². The van der Waals surface area contributed by atoms with E-state index in [2.05, 4.69) is 9.97 Å². The summed E-state index contributed by atoms with van der Waals surface area (Å²) in [7, 11) is -1.65. The number of benzene rings is 3. The zero-order valence-corrected chi connectivity index (χ0v) is 17.7. The molecule has 0 radical (unpaired) electrons. The molecule has 0 saturated heterocycles. The molecule has 0 aliphatic heterocycles. The van der Waals surface area contributed by atoms with Crippen LogP contribution in [0.2, 0.25) is 0 Å². The molecule has 0 aliphatic carbocycles. The Morgan fingerprint density at radius 2 is 1.45 bits per heavy atom. The smallest absolute Gasteiger partial charge is 0.222 e. The van der Waals surface area contributed by atoms with Crippen molar-refractivity contribution in [2.45, 2.75) is 16.3 Å². The van der Waals surface area contributed by atoms with Crippen LogP contribution < -0.4 is 22.1 Å². The van der Waals surface area contributed by atoms with Crippen LogP contribution in [0.15, 0.2) is 76.5 Å². The second-order valence-electron chi connectivity index (χ2n) is 7.24. The number of fused-ring (bicyclic) bond motifs is 1. The summed E-state index contributed by atoms with van der Waals surface area (Å²) in [5, 5.41) is 0.725. The van der Waals surface area contributed by atoms with E-state index in [9.17, 15) is 8.42 Å². The Bertz CT molecular complexity index is 1350. The van der Waals surface area contributed by atoms with Gasteiger partial charge in [0.05, 0.1) is 15.3 Å². The Morgan fingerprint density at radius 1 is 0.839 bits per heavy atom. The van der Waals surface area contributed by atoms with Crippen LogP contribution in [0.5, 0.6) is 0 Å². The van der Waals surface area contributed by atoms with Crippen LogP contribution in [0.1, 0.15) is 5.56 Å². The van der Waals surface area contributed by atoms with Crippen LogP contribution in [-0.2, 0) is 16.4 Å². The SMILES string of the molecule is CN(Cc1ccc(S(=O)(=O)c2ccc(N)cc2)cc1)c1ccc2nc(N)nc(N)c2c1. The number of nitrogens with two attached hydrogens (primary N) is 3. The molecular weight excluding hydrogens is 412 g/mol. The van der Waals surface area contributed by atoms with E-state index >= 15 is 0 Å². The molecule has 31 heavy (non-hydrogen) atoms. The predicted molar refractivity (Wildman–Crippen MR) is 123 cm³/mol. The Balaban J connectivity index is 1.55. The molecular formula is C22H22N6O2S. The fourth-order valence-electron chi connectivity index (χ4n) is 3.32. The highest BCUT2D eigenvalue weighted by atomic mass is 32.2. The van der Waals surface area contributed by atoms with Gasteiger partial charge in [-0.05, 0) is 60.2 Å². The van der Waals surface area contributed by atoms with Crippen LogP contribution in [0.3, 0.4) is 0 Å². The minimum atomic E-state index is -3.59. The first-order valence-corrected chi connectivity index (χ1v) is 11.0. The molecule has 0 atom stereocenters. The van der Waals surface area contributed by atoms with Gasteiger partial charge in [0.25, 0.3) is 0 Å². The summed E-state index contributed by atoms with van der Waals surface area (Å²) in [5.74, 6) is 0.468. The minimum Gasteiger partial charge on any atom is -0.399 e. The number of aromatic nitrogens is 2. The minimum absolute atomic E-state index is 0.139. The molecule has 0 unspecified atom stereocenters. The number of nitrogen functional groups attached to an aromatic ring is 3. The van der Waals surface area contributed by atoms with Crippen LogP contribution in [0.25, 0.3) is 10.9 Å². The fraction of sp³-hybridized carbons (Fsp3) is 0.0909. The maximum atomic E-state index is 12.8. The van der Waals surface area contributed by atoms with Gasteiger partial charge in [0, 0.05) is 30.4 Å². The van der Waals surface area contributed by atoms with E-state index in [1.807, 2.05) is 30.1 Å². The highest BCUT2D eigenvalue weighted by molar-refractivity contribution is 7.91. The van der Waals surface area contributed by atoms with Crippen molar-refractivity contribution in [2.75, 3.05) is 29.1 Å². The quantitative estimate of drug-likeness (QED) is 0.407. The van der Waals surface area contributed by atoms with Crippen LogP contribution in [-0.4, -0.2) is 25.4 Å². The average molecular weight is 435 g/mol. The summed E-state index contributed by atoms with van der Waals surface area (Å²) in [6, 6.07) is 18.7. The molecule has 1 aromatic heterocycles. The molecule has 6 N–H and O–H groups in total. The molecule has 0 fully saturated rings. The third-order valence-electron chi connectivity index (χ3n) is 5.01. The molecule has 4 aromatic rings. The molecule has 9 heteroatoms. The van der Waals surface area contributed by atoms with Gasteiger partial charge in [0.2, 0.25) is 15.8 Å². The van der Waals surface area contributed by atoms with Gasteiger partial charge in [-0.1, -0.05) is 12.1 Å². The lowest BCUT2D eigenvalue weighted by Crippen LogP contribution is -2.16. The van der Waals surface area contributed by atoms with E-state index in [1.54, 1.807) is 36.4 Å². The van der Waals surface area contributed by atoms with Gasteiger partial charge in [-0.3, -0.25) is 0 Å². The van der Waals surface area contributed by atoms with E-state index in [4.69, 9.17) is 17.2 Å². The molecule has 1 heterocycles. The van der Waals surface area contributed by atoms with Gasteiger partial charge in [-0.15, -0.1) is 0 Å². The lowest BCUT2D eigenvalue weighted by atomic mass is 10.1. The molecule has 158 valence electrons. The fourth-order valence-corrected chi connectivity index (χ4v) is 4.58. The summed E-state index contributed by atoms with van der Waals surface area (Å²) in [4.78, 5) is 10.7. The van der Waals surface area contributed by atoms with E-state index in [-0.39, 0.29) is 15.7 Å². The maximum Gasteiger partial charge on any atom is 0.222 e. The molecule has 0 spiro atoms. The molecule has 0 saturated carbocycles. The first-order chi connectivity index (χ1) is 14.7. The highest BCUT2D eigenvalue weighted by Gasteiger charge is 2.17. The lowest BCUT2D eigenvalue weighted by molar-refractivity contribution is 0.596. The summed E-state index contributed by atoms with van der Waals surface area (Å²) < 4.78 is 25.6. The Labute approximate surface area is 180 Å². The molecule has 8 nitrogen and oxygen atoms in total. The van der Waals surface area contributed by atoms with Crippen LogP contribution in [0.4, 0.5) is 23.1 Å². The average Bonchev–Trinajstić information content (AvgIpc) is 2.74. The van der Waals surface area contributed by atoms with E-state index in [0.717, 1.165) is 16.6 Å². The zero-order chi connectivity index (χ0) is 22.2. The summed E-state index contributed by atoms with van der Waals surface area (Å²) >= 11 is 0. The Hall–Kier alpha value is -3.85. The monoisotopic (exact) mass is 434 g/mol. The Morgan fingerprint density at radius 3 is 2.10 bits per heavy atom.